The van der Waals surface area contributed by atoms with Crippen LogP contribution in [0.3, 0.4) is 0 Å². The molecular weight excluding hydrogens is 600 g/mol. The summed E-state index contributed by atoms with van der Waals surface area (Å²) in [5.74, 6) is -1.19. The van der Waals surface area contributed by atoms with Gasteiger partial charge in [0.25, 0.3) is 0 Å². The number of nitrogens with one attached hydrogen (secondary N) is 2. The van der Waals surface area contributed by atoms with E-state index in [9.17, 15) is 19.2 Å². The molecule has 2 aromatic carbocycles. The van der Waals surface area contributed by atoms with Gasteiger partial charge in [-0.1, -0.05) is 76.2 Å². The molecule has 47 heavy (non-hydrogen) atoms. The van der Waals surface area contributed by atoms with E-state index in [2.05, 4.69) is 27.8 Å². The molecule has 1 heterocycles. The minimum Gasteiger partial charge on any atom is -0.480 e. The van der Waals surface area contributed by atoms with E-state index in [0.717, 1.165) is 28.7 Å². The quantitative estimate of drug-likeness (QED) is 0.288. The van der Waals surface area contributed by atoms with Gasteiger partial charge in [0, 0.05) is 25.7 Å². The monoisotopic (exact) mass is 650 g/mol. The Kier molecular flexibility index (Phi) is 12.9. The molecule has 1 saturated heterocycles. The Balaban J connectivity index is 0.000000258. The number of ether oxygens (including phenoxy) is 2. The zero-order chi connectivity index (χ0) is 34.9. The van der Waals surface area contributed by atoms with Crippen molar-refractivity contribution in [2.24, 2.45) is 16.8 Å². The van der Waals surface area contributed by atoms with Crippen LogP contribution in [-0.4, -0.2) is 84.2 Å². The lowest BCUT2D eigenvalue weighted by Crippen LogP contribution is -2.50. The second kappa shape index (κ2) is 16.4. The van der Waals surface area contributed by atoms with E-state index in [1.165, 1.54) is 0 Å². The van der Waals surface area contributed by atoms with Crippen LogP contribution < -0.4 is 10.6 Å². The number of aliphatic carboxylic acids is 1. The topological polar surface area (TPSA) is 147 Å². The van der Waals surface area contributed by atoms with E-state index in [1.54, 1.807) is 32.0 Å². The Bertz CT molecular complexity index is 1390. The molecule has 0 aromatic heterocycles. The van der Waals surface area contributed by atoms with Gasteiger partial charge in [0.05, 0.1) is 6.04 Å². The summed E-state index contributed by atoms with van der Waals surface area (Å²) in [6.45, 7) is 13.7. The van der Waals surface area contributed by atoms with Crippen molar-refractivity contribution < 1.29 is 33.8 Å². The molecule has 11 nitrogen and oxygen atoms in total. The van der Waals surface area contributed by atoms with Crippen LogP contribution in [-0.2, 0) is 19.1 Å². The van der Waals surface area contributed by atoms with Gasteiger partial charge in [-0.05, 0) is 67.7 Å². The first-order valence-corrected chi connectivity index (χ1v) is 16.2. The van der Waals surface area contributed by atoms with Crippen LogP contribution in [0.2, 0.25) is 0 Å². The van der Waals surface area contributed by atoms with Crippen LogP contribution in [0.1, 0.15) is 78.4 Å². The average Bonchev–Trinajstić information content (AvgIpc) is 3.56. The van der Waals surface area contributed by atoms with Crippen molar-refractivity contribution in [1.82, 2.24) is 15.5 Å². The van der Waals surface area contributed by atoms with E-state index in [1.807, 2.05) is 71.0 Å². The number of benzene rings is 2. The second-order valence-electron chi connectivity index (χ2n) is 13.4. The predicted octanol–water partition coefficient (Wildman–Crippen LogP) is 5.86. The fourth-order valence-corrected chi connectivity index (χ4v) is 5.80. The summed E-state index contributed by atoms with van der Waals surface area (Å²) in [6.07, 6.45) is 2.01. The minimum absolute atomic E-state index is 0.0412. The number of carbonyl (C=O) groups is 4. The van der Waals surface area contributed by atoms with Crippen molar-refractivity contribution in [3.63, 3.8) is 0 Å². The summed E-state index contributed by atoms with van der Waals surface area (Å²) in [5, 5.41) is 14.5. The zero-order valence-corrected chi connectivity index (χ0v) is 28.8. The normalized spacial score (nSPS) is 18.4. The number of rotatable bonds is 9. The molecule has 256 valence electrons. The Morgan fingerprint density at radius 2 is 1.60 bits per heavy atom. The molecule has 0 radical (unpaired) electrons. The van der Waals surface area contributed by atoms with Gasteiger partial charge in [-0.2, -0.15) is 0 Å². The highest BCUT2D eigenvalue weighted by Gasteiger charge is 2.40. The van der Waals surface area contributed by atoms with Crippen molar-refractivity contribution >= 4 is 30.3 Å². The number of carbonyl (C=O) groups excluding carboxylic acids is 3. The standard InChI is InChI=1S/C20H21NO4.C16H29N3O3/c1-12(2)18(19(22)23)21-20(24)25-11-17-15-9-5-3-7-13(15)14-8-4-6-10-16(14)17;1-7-12(9-17-6)18-14(20)13-8-11(2)10-19(13)15(21)22-16(3,4)5/h3-10,12,17-18H,11H2,1-2H3,(H,21,24)(H,22,23);9,11-13H,7-8,10H2,1-6H3,(H,18,20)/t;11-,12+,13+/m.1/s1. The number of hydrogen-bond donors (Lipinski definition) is 3. The fourth-order valence-electron chi connectivity index (χ4n) is 5.80. The molecule has 1 fully saturated rings. The summed E-state index contributed by atoms with van der Waals surface area (Å²) in [5.41, 5.74) is 3.98. The Labute approximate surface area is 278 Å². The molecular formula is C36H50N4O7. The Hall–Kier alpha value is -4.41. The van der Waals surface area contributed by atoms with Gasteiger partial charge in [0.15, 0.2) is 0 Å². The highest BCUT2D eigenvalue weighted by atomic mass is 16.6. The molecule has 1 aliphatic carbocycles. The minimum atomic E-state index is -1.07. The van der Waals surface area contributed by atoms with E-state index < -0.39 is 35.8 Å². The van der Waals surface area contributed by atoms with Crippen LogP contribution in [0, 0.1) is 11.8 Å². The van der Waals surface area contributed by atoms with Gasteiger partial charge in [-0.15, -0.1) is 0 Å². The number of carboxylic acids is 1. The molecule has 4 rings (SSSR count). The number of alkyl carbamates (subject to hydrolysis) is 1. The van der Waals surface area contributed by atoms with Gasteiger partial charge in [-0.3, -0.25) is 14.7 Å². The first kappa shape index (κ1) is 37.1. The Morgan fingerprint density at radius 3 is 2.09 bits per heavy atom. The predicted molar refractivity (Wildman–Crippen MR) is 182 cm³/mol. The third-order valence-electron chi connectivity index (χ3n) is 8.09. The summed E-state index contributed by atoms with van der Waals surface area (Å²) in [7, 11) is 1.68. The molecule has 1 unspecified atom stereocenters. The number of fused-ring (bicyclic) bond motifs is 3. The van der Waals surface area contributed by atoms with E-state index >= 15 is 0 Å². The van der Waals surface area contributed by atoms with Gasteiger partial charge in [0.2, 0.25) is 5.91 Å². The molecule has 3 amide bonds. The smallest absolute Gasteiger partial charge is 0.410 e. The summed E-state index contributed by atoms with van der Waals surface area (Å²) >= 11 is 0. The van der Waals surface area contributed by atoms with Crippen molar-refractivity contribution in [2.45, 2.75) is 91.0 Å². The maximum absolute atomic E-state index is 12.5. The second-order valence-corrected chi connectivity index (χ2v) is 13.4. The SMILES string of the molecule is CC(C)C(NC(=O)OCC1c2ccccc2-c2ccccc21)C(=O)O.CC[C@@H](C=NC)NC(=O)[C@@H]1C[C@@H](C)CN1C(=O)OC(C)(C)C. The van der Waals surface area contributed by atoms with Crippen LogP contribution in [0.4, 0.5) is 9.59 Å². The number of hydrogen-bond acceptors (Lipinski definition) is 7. The van der Waals surface area contributed by atoms with E-state index in [0.29, 0.717) is 13.0 Å². The van der Waals surface area contributed by atoms with Gasteiger partial charge in [-0.25, -0.2) is 14.4 Å². The van der Waals surface area contributed by atoms with Crippen molar-refractivity contribution in [1.29, 1.82) is 0 Å². The number of carboxylic acid groups (broad SMARTS) is 1. The van der Waals surface area contributed by atoms with Crippen LogP contribution in [0.5, 0.6) is 0 Å². The number of amides is 3. The van der Waals surface area contributed by atoms with Crippen LogP contribution in [0.25, 0.3) is 11.1 Å². The number of aliphatic imine (C=N–C) groups is 1. The molecule has 2 aromatic rings. The van der Waals surface area contributed by atoms with Gasteiger partial charge < -0.3 is 25.2 Å². The first-order chi connectivity index (χ1) is 22.2. The van der Waals surface area contributed by atoms with Gasteiger partial charge in [0.1, 0.15) is 24.3 Å². The number of nitrogens with zero attached hydrogens (tertiary/aromatic N) is 2. The first-order valence-electron chi connectivity index (χ1n) is 16.2. The van der Waals surface area contributed by atoms with Crippen molar-refractivity contribution in [2.75, 3.05) is 20.2 Å². The zero-order valence-electron chi connectivity index (χ0n) is 28.8. The molecule has 2 aliphatic rings. The lowest BCUT2D eigenvalue weighted by molar-refractivity contribution is -0.140. The van der Waals surface area contributed by atoms with E-state index in [-0.39, 0.29) is 36.3 Å². The summed E-state index contributed by atoms with van der Waals surface area (Å²) < 4.78 is 10.8. The Morgan fingerprint density at radius 1 is 1.02 bits per heavy atom. The average molecular weight is 651 g/mol. The van der Waals surface area contributed by atoms with Crippen molar-refractivity contribution in [3.8, 4) is 11.1 Å². The van der Waals surface area contributed by atoms with E-state index in [4.69, 9.17) is 14.6 Å². The number of likely N-dealkylation sites (tertiary alicyclic amines) is 1. The third kappa shape index (κ3) is 10.0. The molecule has 11 heteroatoms. The van der Waals surface area contributed by atoms with Gasteiger partial charge >= 0.3 is 18.2 Å². The molecule has 3 N–H and O–H groups in total. The van der Waals surface area contributed by atoms with Crippen molar-refractivity contribution in [3.05, 3.63) is 59.7 Å². The summed E-state index contributed by atoms with van der Waals surface area (Å²) in [6, 6.07) is 14.6. The third-order valence-corrected chi connectivity index (χ3v) is 8.09. The van der Waals surface area contributed by atoms with Crippen LogP contribution in [0.15, 0.2) is 53.5 Å². The molecule has 0 spiro atoms. The van der Waals surface area contributed by atoms with Crippen LogP contribution >= 0.6 is 0 Å². The molecule has 4 atom stereocenters. The highest BCUT2D eigenvalue weighted by Crippen LogP contribution is 2.44. The maximum atomic E-state index is 12.5. The fraction of sp³-hybridized carbons (Fsp3) is 0.528. The molecule has 1 aliphatic heterocycles. The lowest BCUT2D eigenvalue weighted by atomic mass is 9.98. The summed E-state index contributed by atoms with van der Waals surface area (Å²) in [4.78, 5) is 53.5. The highest BCUT2D eigenvalue weighted by molar-refractivity contribution is 5.88. The molecule has 0 bridgehead atoms. The molecule has 0 saturated carbocycles. The maximum Gasteiger partial charge on any atom is 0.410 e. The largest absolute Gasteiger partial charge is 0.480 e. The lowest BCUT2D eigenvalue weighted by Gasteiger charge is -2.28.